The molecule has 0 radical (unpaired) electrons. The van der Waals surface area contributed by atoms with Gasteiger partial charge in [-0.2, -0.15) is 6.61 Å². The quantitative estimate of drug-likeness (QED) is 0.684. The van der Waals surface area contributed by atoms with E-state index in [1.54, 1.807) is 6.61 Å². The predicted octanol–water partition coefficient (Wildman–Crippen LogP) is 0.817. The number of aliphatic carboxylic acids is 1. The summed E-state index contributed by atoms with van der Waals surface area (Å²) in [6.45, 7) is 4.17. The van der Waals surface area contributed by atoms with Gasteiger partial charge in [0.15, 0.2) is 0 Å². The van der Waals surface area contributed by atoms with Gasteiger partial charge in [-0.3, -0.25) is 4.79 Å². The van der Waals surface area contributed by atoms with E-state index in [4.69, 9.17) is 14.6 Å². The molecule has 2 fully saturated rings. The van der Waals surface area contributed by atoms with Crippen molar-refractivity contribution in [2.24, 2.45) is 5.92 Å². The number of fused-ring (bicyclic) bond motifs is 2. The fourth-order valence-electron chi connectivity index (χ4n) is 2.16. The molecular weight excluding hydrogens is 410 g/mol. The van der Waals surface area contributed by atoms with Gasteiger partial charge in [0, 0.05) is 31.1 Å². The third kappa shape index (κ3) is 1.88. The van der Waals surface area contributed by atoms with Crippen LogP contribution in [0.3, 0.4) is 0 Å². The summed E-state index contributed by atoms with van der Waals surface area (Å²) < 4.78 is 10.9. The molecule has 0 aromatic heterocycles. The Morgan fingerprint density at radius 3 is 2.86 bits per heavy atom. The fraction of sp³-hybridized carbons (Fsp3) is 0.778. The molecule has 5 heteroatoms. The Labute approximate surface area is 107 Å². The summed E-state index contributed by atoms with van der Waals surface area (Å²) >= 11 is 0. The molecule has 14 heavy (non-hydrogen) atoms. The van der Waals surface area contributed by atoms with Crippen molar-refractivity contribution >= 4 is 5.97 Å². The molecule has 3 atom stereocenters. The van der Waals surface area contributed by atoms with Gasteiger partial charge >= 0.3 is 5.97 Å². The summed E-state index contributed by atoms with van der Waals surface area (Å²) in [4.78, 5) is 10.6. The van der Waals surface area contributed by atoms with Crippen LogP contribution in [0, 0.1) is 43.6 Å². The Bertz CT molecular complexity index is 223. The average molecular weight is 423 g/mol. The zero-order valence-electron chi connectivity index (χ0n) is 8.03. The number of carboxylic acids is 1. The third-order valence-electron chi connectivity index (χ3n) is 3.02. The number of hydrogen-bond donors (Lipinski definition) is 1. The van der Waals surface area contributed by atoms with Gasteiger partial charge in [0.1, 0.15) is 0 Å². The van der Waals surface area contributed by atoms with Gasteiger partial charge in [-0.05, 0) is 18.4 Å². The van der Waals surface area contributed by atoms with Crippen LogP contribution in [0.1, 0.15) is 19.8 Å². The first-order valence-corrected chi connectivity index (χ1v) is 4.52. The van der Waals surface area contributed by atoms with Crippen LogP contribution in [0.25, 0.3) is 0 Å². The summed E-state index contributed by atoms with van der Waals surface area (Å²) in [5, 5.41) is 8.72. The minimum atomic E-state index is -0.780. The zero-order valence-corrected chi connectivity index (χ0v) is 12.2. The number of carboxylic acid groups (broad SMARTS) is 1. The van der Waals surface area contributed by atoms with Gasteiger partial charge in [-0.1, -0.05) is 6.92 Å². The maximum absolute atomic E-state index is 10.6. The Kier molecular flexibility index (Phi) is 4.04. The number of ether oxygens (including phenoxy) is 2. The maximum atomic E-state index is 10.6. The molecule has 2 aliphatic heterocycles. The predicted molar refractivity (Wildman–Crippen MR) is 43.9 cm³/mol. The Morgan fingerprint density at radius 1 is 1.71 bits per heavy atom. The molecule has 0 aromatic carbocycles. The molecule has 0 saturated carbocycles. The van der Waals surface area contributed by atoms with E-state index in [0.29, 0.717) is 6.61 Å². The van der Waals surface area contributed by atoms with Crippen molar-refractivity contribution in [3.8, 4) is 0 Å². The van der Waals surface area contributed by atoms with Crippen molar-refractivity contribution in [3.05, 3.63) is 6.61 Å². The minimum absolute atomic E-state index is 0. The Morgan fingerprint density at radius 2 is 2.43 bits per heavy atom. The first kappa shape index (κ1) is 12.5. The molecule has 2 aliphatic rings. The zero-order chi connectivity index (χ0) is 9.47. The van der Waals surface area contributed by atoms with Gasteiger partial charge in [-0.25, -0.2) is 0 Å². The number of carbonyl (C=O) groups is 1. The average Bonchev–Trinajstić information content (AvgIpc) is 2.61. The molecular formula is C9H13O4U-. The Hall–Kier alpha value is 0.442. The van der Waals surface area contributed by atoms with Gasteiger partial charge in [0.25, 0.3) is 0 Å². The number of rotatable bonds is 3. The van der Waals surface area contributed by atoms with Crippen LogP contribution in [0.5, 0.6) is 0 Å². The second kappa shape index (κ2) is 4.53. The van der Waals surface area contributed by atoms with E-state index >= 15 is 0 Å². The summed E-state index contributed by atoms with van der Waals surface area (Å²) in [7, 11) is 0. The minimum Gasteiger partial charge on any atom is -0.543 e. The van der Waals surface area contributed by atoms with Crippen LogP contribution in [-0.4, -0.2) is 29.4 Å². The van der Waals surface area contributed by atoms with E-state index in [9.17, 15) is 4.79 Å². The van der Waals surface area contributed by atoms with Crippen LogP contribution >= 0.6 is 0 Å². The summed E-state index contributed by atoms with van der Waals surface area (Å²) in [5.74, 6) is -0.785. The monoisotopic (exact) mass is 423 g/mol. The number of hydrogen-bond acceptors (Lipinski definition) is 3. The van der Waals surface area contributed by atoms with Crippen LogP contribution in [0.4, 0.5) is 0 Å². The van der Waals surface area contributed by atoms with Crippen molar-refractivity contribution in [2.75, 3.05) is 6.61 Å². The van der Waals surface area contributed by atoms with E-state index in [1.807, 2.05) is 6.92 Å². The standard InChI is InChI=1S/C9H13O4.U/c1-2-9-5-12-7(4-13-9)6(9)3-8(10)11;/h4,6-7H,2-3,5H2,1H3,(H,10,11);/q-1;/t6-,7-,9-;/m0./s1. The van der Waals surface area contributed by atoms with Gasteiger partial charge in [0.05, 0.1) is 18.6 Å². The molecule has 2 heterocycles. The van der Waals surface area contributed by atoms with Crippen LogP contribution in [0.2, 0.25) is 0 Å². The van der Waals surface area contributed by atoms with Gasteiger partial charge in [-0.15, -0.1) is 0 Å². The largest absolute Gasteiger partial charge is 0.543 e. The molecule has 0 unspecified atom stereocenters. The molecule has 0 amide bonds. The summed E-state index contributed by atoms with van der Waals surface area (Å²) in [5.41, 5.74) is -0.358. The molecule has 78 valence electrons. The van der Waals surface area contributed by atoms with Crippen molar-refractivity contribution in [3.63, 3.8) is 0 Å². The van der Waals surface area contributed by atoms with E-state index in [1.165, 1.54) is 0 Å². The van der Waals surface area contributed by atoms with Crippen molar-refractivity contribution in [1.29, 1.82) is 0 Å². The molecule has 0 aromatic rings. The van der Waals surface area contributed by atoms with Crippen LogP contribution in [0.15, 0.2) is 0 Å². The molecule has 4 nitrogen and oxygen atoms in total. The molecule has 1 N–H and O–H groups in total. The van der Waals surface area contributed by atoms with E-state index in [0.717, 1.165) is 6.42 Å². The van der Waals surface area contributed by atoms with Crippen molar-refractivity contribution in [2.45, 2.75) is 31.5 Å². The van der Waals surface area contributed by atoms with Crippen LogP contribution < -0.4 is 0 Å². The SMILES string of the molecule is CC[C@@]12CO[C@@H]([CH-]O1)[C@@H]2CC(=O)O.[U]. The molecule has 0 spiro atoms. The second-order valence-electron chi connectivity index (χ2n) is 3.65. The van der Waals surface area contributed by atoms with Crippen molar-refractivity contribution in [1.82, 2.24) is 0 Å². The van der Waals surface area contributed by atoms with Crippen molar-refractivity contribution < 1.29 is 50.5 Å². The molecule has 2 rings (SSSR count). The normalized spacial score (nSPS) is 39.5. The fourth-order valence-corrected chi connectivity index (χ4v) is 2.16. The smallest absolute Gasteiger partial charge is 0.303 e. The van der Waals surface area contributed by atoms with Gasteiger partial charge < -0.3 is 14.6 Å². The third-order valence-corrected chi connectivity index (χ3v) is 3.02. The molecule has 2 saturated heterocycles. The van der Waals surface area contributed by atoms with Gasteiger partial charge in [0.2, 0.25) is 0 Å². The molecule has 0 aliphatic carbocycles. The Balaban J connectivity index is 0.000000980. The first-order chi connectivity index (χ1) is 6.18. The van der Waals surface area contributed by atoms with E-state index in [2.05, 4.69) is 0 Å². The molecule has 2 bridgehead atoms. The van der Waals surface area contributed by atoms with Crippen LogP contribution in [-0.2, 0) is 14.3 Å². The second-order valence-corrected chi connectivity index (χ2v) is 3.65. The summed E-state index contributed by atoms with van der Waals surface area (Å²) in [6, 6.07) is 0. The first-order valence-electron chi connectivity index (χ1n) is 4.52. The summed E-state index contributed by atoms with van der Waals surface area (Å²) in [6.07, 6.45) is 0.823. The van der Waals surface area contributed by atoms with E-state index < -0.39 is 5.97 Å². The topological polar surface area (TPSA) is 55.8 Å². The maximum Gasteiger partial charge on any atom is 0.303 e. The van der Waals surface area contributed by atoms with E-state index in [-0.39, 0.29) is 55.2 Å².